The van der Waals surface area contributed by atoms with Gasteiger partial charge in [0.15, 0.2) is 0 Å². The summed E-state index contributed by atoms with van der Waals surface area (Å²) >= 11 is 0. The Hall–Kier alpha value is -1.07. The van der Waals surface area contributed by atoms with Crippen molar-refractivity contribution in [3.8, 4) is 0 Å². The Balaban J connectivity index is 2.48. The van der Waals surface area contributed by atoms with Crippen LogP contribution in [0.15, 0.2) is 24.3 Å². The summed E-state index contributed by atoms with van der Waals surface area (Å²) in [5.41, 5.74) is 0.0731. The second-order valence-electron chi connectivity index (χ2n) is 4.87. The average molecular weight is 289 g/mol. The van der Waals surface area contributed by atoms with Crippen LogP contribution in [-0.2, 0) is 12.6 Å². The fourth-order valence-corrected chi connectivity index (χ4v) is 2.08. The van der Waals surface area contributed by atoms with Crippen LogP contribution < -0.4 is 0 Å². The average Bonchev–Trinajstić information content (AvgIpc) is 2.39. The third kappa shape index (κ3) is 5.51. The van der Waals surface area contributed by atoms with Crippen molar-refractivity contribution < 1.29 is 18.3 Å². The molecule has 0 aliphatic heterocycles. The van der Waals surface area contributed by atoms with E-state index in [1.165, 1.54) is 12.1 Å². The Morgan fingerprint density at radius 1 is 1.10 bits per heavy atom. The highest BCUT2D eigenvalue weighted by Gasteiger charge is 2.29. The topological polar surface area (TPSA) is 23.5 Å². The van der Waals surface area contributed by atoms with Crippen LogP contribution in [0.1, 0.15) is 31.4 Å². The van der Waals surface area contributed by atoms with Gasteiger partial charge in [0.2, 0.25) is 0 Å². The highest BCUT2D eigenvalue weighted by Crippen LogP contribution is 2.29. The van der Waals surface area contributed by atoms with E-state index in [4.69, 9.17) is 0 Å². The smallest absolute Gasteiger partial charge is 0.393 e. The minimum Gasteiger partial charge on any atom is -0.393 e. The number of aliphatic hydroxyl groups is 1. The number of alkyl halides is 3. The van der Waals surface area contributed by atoms with Gasteiger partial charge < -0.3 is 10.0 Å². The van der Waals surface area contributed by atoms with E-state index in [1.54, 1.807) is 0 Å². The fourth-order valence-electron chi connectivity index (χ4n) is 2.08. The fraction of sp³-hybridized carbons (Fsp3) is 0.600. The molecule has 0 fully saturated rings. The van der Waals surface area contributed by atoms with Gasteiger partial charge in [0, 0.05) is 6.54 Å². The summed E-state index contributed by atoms with van der Waals surface area (Å²) < 4.78 is 37.2. The van der Waals surface area contributed by atoms with Crippen LogP contribution in [0.4, 0.5) is 13.2 Å². The minimum absolute atomic E-state index is 0.388. The highest BCUT2D eigenvalue weighted by molar-refractivity contribution is 5.25. The molecule has 0 bridgehead atoms. The molecule has 0 radical (unpaired) electrons. The highest BCUT2D eigenvalue weighted by atomic mass is 19.4. The zero-order valence-corrected chi connectivity index (χ0v) is 12.0. The van der Waals surface area contributed by atoms with Gasteiger partial charge in [-0.25, -0.2) is 0 Å². The minimum atomic E-state index is -4.31. The lowest BCUT2D eigenvalue weighted by molar-refractivity contribution is -0.137. The van der Waals surface area contributed by atoms with Gasteiger partial charge in [-0.1, -0.05) is 26.0 Å². The van der Waals surface area contributed by atoms with Gasteiger partial charge in [0.25, 0.3) is 0 Å². The summed E-state index contributed by atoms with van der Waals surface area (Å²) in [6.45, 7) is 6.79. The lowest BCUT2D eigenvalue weighted by atomic mass is 10.0. The molecular weight excluding hydrogens is 267 g/mol. The van der Waals surface area contributed by atoms with Gasteiger partial charge in [0.1, 0.15) is 0 Å². The number of benzene rings is 1. The van der Waals surface area contributed by atoms with Crippen molar-refractivity contribution in [2.75, 3.05) is 19.6 Å². The molecule has 1 N–H and O–H groups in total. The molecule has 0 heterocycles. The Morgan fingerprint density at radius 3 is 2.10 bits per heavy atom. The predicted octanol–water partition coefficient (Wildman–Crippen LogP) is 3.34. The van der Waals surface area contributed by atoms with Crippen molar-refractivity contribution in [1.82, 2.24) is 4.90 Å². The first-order chi connectivity index (χ1) is 9.36. The molecule has 0 aromatic heterocycles. The first-order valence-corrected chi connectivity index (χ1v) is 6.93. The molecule has 1 unspecified atom stereocenters. The first kappa shape index (κ1) is 17.0. The lowest BCUT2D eigenvalue weighted by Crippen LogP contribution is -2.27. The summed E-state index contributed by atoms with van der Waals surface area (Å²) in [5, 5.41) is 9.92. The normalized spacial score (nSPS) is 13.8. The maximum atomic E-state index is 12.4. The lowest BCUT2D eigenvalue weighted by Gasteiger charge is -2.20. The number of hydrogen-bond acceptors (Lipinski definition) is 2. The van der Waals surface area contributed by atoms with Crippen LogP contribution in [0.25, 0.3) is 0 Å². The van der Waals surface area contributed by atoms with Crippen molar-refractivity contribution in [1.29, 1.82) is 0 Å². The predicted molar refractivity (Wildman–Crippen MR) is 73.6 cm³/mol. The summed E-state index contributed by atoms with van der Waals surface area (Å²) in [6.07, 6.45) is -3.81. The van der Waals surface area contributed by atoms with E-state index >= 15 is 0 Å². The van der Waals surface area contributed by atoms with Gasteiger partial charge in [-0.15, -0.1) is 0 Å². The second-order valence-corrected chi connectivity index (χ2v) is 4.87. The molecule has 0 amide bonds. The van der Waals surface area contributed by atoms with Gasteiger partial charge in [-0.05, 0) is 43.6 Å². The van der Waals surface area contributed by atoms with Gasteiger partial charge in [0.05, 0.1) is 11.7 Å². The molecule has 20 heavy (non-hydrogen) atoms. The number of nitrogens with zero attached hydrogens (tertiary/aromatic N) is 1. The summed E-state index contributed by atoms with van der Waals surface area (Å²) in [7, 11) is 0. The molecule has 0 spiro atoms. The van der Waals surface area contributed by atoms with Crippen LogP contribution in [0.2, 0.25) is 0 Å². The van der Waals surface area contributed by atoms with E-state index < -0.39 is 17.8 Å². The maximum absolute atomic E-state index is 12.4. The number of rotatable bonds is 7. The van der Waals surface area contributed by atoms with E-state index in [0.717, 1.165) is 37.3 Å². The molecule has 114 valence electrons. The third-order valence-electron chi connectivity index (χ3n) is 3.43. The first-order valence-electron chi connectivity index (χ1n) is 6.93. The van der Waals surface area contributed by atoms with Crippen LogP contribution >= 0.6 is 0 Å². The standard InChI is InChI=1S/C15H22F3NO/c1-3-19(4-2)10-9-14(20)11-12-5-7-13(8-6-12)15(16,17)18/h5-8,14,20H,3-4,9-11H2,1-2H3. The van der Waals surface area contributed by atoms with E-state index in [0.29, 0.717) is 12.8 Å². The van der Waals surface area contributed by atoms with Crippen LogP contribution in [0.3, 0.4) is 0 Å². The van der Waals surface area contributed by atoms with Crippen molar-refractivity contribution in [3.05, 3.63) is 35.4 Å². The number of hydrogen-bond donors (Lipinski definition) is 1. The Bertz CT molecular complexity index is 385. The summed E-state index contributed by atoms with van der Waals surface area (Å²) in [6, 6.07) is 4.99. The van der Waals surface area contributed by atoms with Crippen LogP contribution in [0.5, 0.6) is 0 Å². The maximum Gasteiger partial charge on any atom is 0.416 e. The summed E-state index contributed by atoms with van der Waals surface area (Å²) in [5.74, 6) is 0. The molecule has 0 aliphatic carbocycles. The Kier molecular flexibility index (Phi) is 6.49. The SMILES string of the molecule is CCN(CC)CCC(O)Cc1ccc(C(F)(F)F)cc1. The van der Waals surface area contributed by atoms with Crippen LogP contribution in [-0.4, -0.2) is 35.7 Å². The van der Waals surface area contributed by atoms with Crippen molar-refractivity contribution in [2.24, 2.45) is 0 Å². The second kappa shape index (κ2) is 7.64. The van der Waals surface area contributed by atoms with Gasteiger partial charge in [-0.2, -0.15) is 13.2 Å². The van der Waals surface area contributed by atoms with Crippen molar-refractivity contribution >= 4 is 0 Å². The van der Waals surface area contributed by atoms with E-state index in [9.17, 15) is 18.3 Å². The molecule has 1 aromatic carbocycles. The largest absolute Gasteiger partial charge is 0.416 e. The third-order valence-corrected chi connectivity index (χ3v) is 3.43. The number of halogens is 3. The number of aliphatic hydroxyl groups excluding tert-OH is 1. The molecule has 1 aromatic rings. The molecule has 1 atom stereocenters. The molecule has 0 aliphatic rings. The molecule has 2 nitrogen and oxygen atoms in total. The zero-order chi connectivity index (χ0) is 15.2. The van der Waals surface area contributed by atoms with E-state index in [2.05, 4.69) is 18.7 Å². The molecule has 1 rings (SSSR count). The van der Waals surface area contributed by atoms with E-state index in [-0.39, 0.29) is 0 Å². The van der Waals surface area contributed by atoms with Crippen molar-refractivity contribution in [3.63, 3.8) is 0 Å². The van der Waals surface area contributed by atoms with Crippen molar-refractivity contribution in [2.45, 2.75) is 39.0 Å². The Morgan fingerprint density at radius 2 is 1.65 bits per heavy atom. The summed E-state index contributed by atoms with van der Waals surface area (Å²) in [4.78, 5) is 2.20. The Labute approximate surface area is 118 Å². The quantitative estimate of drug-likeness (QED) is 0.832. The van der Waals surface area contributed by atoms with Gasteiger partial charge >= 0.3 is 6.18 Å². The molecule has 0 saturated carbocycles. The monoisotopic (exact) mass is 289 g/mol. The molecular formula is C15H22F3NO. The van der Waals surface area contributed by atoms with Crippen LogP contribution in [0, 0.1) is 0 Å². The molecule has 0 saturated heterocycles. The van der Waals surface area contributed by atoms with E-state index in [1.807, 2.05) is 0 Å². The zero-order valence-electron chi connectivity index (χ0n) is 12.0. The molecule has 5 heteroatoms. The van der Waals surface area contributed by atoms with Gasteiger partial charge in [-0.3, -0.25) is 0 Å².